The first-order valence-electron chi connectivity index (χ1n) is 33.2. The first-order valence-corrected chi connectivity index (χ1v) is 33.2. The van der Waals surface area contributed by atoms with E-state index in [1.807, 2.05) is 112 Å². The Morgan fingerprint density at radius 3 is 1.81 bits per heavy atom. The van der Waals surface area contributed by atoms with E-state index in [0.29, 0.717) is 89.0 Å². The van der Waals surface area contributed by atoms with Crippen molar-refractivity contribution in [2.24, 2.45) is 47.3 Å². The highest BCUT2D eigenvalue weighted by molar-refractivity contribution is 6.39. The Labute approximate surface area is 526 Å². The van der Waals surface area contributed by atoms with E-state index in [1.165, 1.54) is 15.9 Å². The summed E-state index contributed by atoms with van der Waals surface area (Å²) in [6.45, 7) is 12.9. The summed E-state index contributed by atoms with van der Waals surface area (Å²) in [6.07, 6.45) is 16.6. The maximum absolute atomic E-state index is 15.2. The van der Waals surface area contributed by atoms with Crippen LogP contribution in [-0.4, -0.2) is 145 Å². The lowest BCUT2D eigenvalue weighted by Gasteiger charge is -2.45. The fraction of sp³-hybridized carbons (Fsp3) is 0.625. The van der Waals surface area contributed by atoms with Gasteiger partial charge in [0.05, 0.1) is 24.4 Å². The average molecular weight is 1230 g/mol. The Hall–Kier alpha value is -5.95. The number of hydrogen-bond acceptors (Lipinski definition) is 15. The van der Waals surface area contributed by atoms with Crippen molar-refractivity contribution >= 4 is 41.1 Å². The molecular weight excluding hydrogens is 1130 g/mol. The molecule has 89 heavy (non-hydrogen) atoms. The van der Waals surface area contributed by atoms with Crippen LogP contribution in [0.5, 0.6) is 0 Å². The number of piperidine rings is 2. The summed E-state index contributed by atoms with van der Waals surface area (Å²) in [4.78, 5) is 104. The number of ketones is 3. The van der Waals surface area contributed by atoms with Gasteiger partial charge in [-0.25, -0.2) is 9.59 Å². The van der Waals surface area contributed by atoms with Crippen molar-refractivity contribution in [2.45, 2.75) is 224 Å². The molecule has 2 aromatic rings. The molecule has 6 aliphatic heterocycles. The van der Waals surface area contributed by atoms with E-state index < -0.39 is 125 Å². The van der Waals surface area contributed by atoms with Gasteiger partial charge in [-0.1, -0.05) is 133 Å². The molecule has 0 aliphatic carbocycles. The summed E-state index contributed by atoms with van der Waals surface area (Å²) in [5, 5.41) is 48.5. The topological polar surface area (TPSA) is 244 Å². The number of esters is 2. The molecule has 6 aliphatic rings. The molecule has 0 radical (unpaired) electrons. The number of ether oxygens (including phenoxy) is 4. The molecule has 18 atom stereocenters. The first-order chi connectivity index (χ1) is 42.6. The second-order valence-corrected chi connectivity index (χ2v) is 26.5. The molecule has 4 saturated heterocycles. The fourth-order valence-electron chi connectivity index (χ4n) is 14.3. The third-order valence-corrected chi connectivity index (χ3v) is 20.3. The molecule has 8 rings (SSSR count). The molecule has 17 nitrogen and oxygen atoms in total. The maximum Gasteiger partial charge on any atom is 0.329 e. The molecule has 4 bridgehead atoms. The zero-order valence-electron chi connectivity index (χ0n) is 53.4. The fourth-order valence-corrected chi connectivity index (χ4v) is 14.3. The Bertz CT molecular complexity index is 2900. The molecule has 486 valence electrons. The van der Waals surface area contributed by atoms with Gasteiger partial charge in [0.25, 0.3) is 17.6 Å². The summed E-state index contributed by atoms with van der Waals surface area (Å²) < 4.78 is 25.5. The molecule has 4 fully saturated rings. The number of hydrogen-bond donors (Lipinski definition) is 4. The zero-order valence-corrected chi connectivity index (χ0v) is 53.4. The van der Waals surface area contributed by atoms with Crippen molar-refractivity contribution in [3.05, 3.63) is 120 Å². The van der Waals surface area contributed by atoms with Gasteiger partial charge in [-0.2, -0.15) is 0 Å². The maximum atomic E-state index is 15.2. The Balaban J connectivity index is 1.07. The van der Waals surface area contributed by atoms with Crippen molar-refractivity contribution < 1.29 is 72.9 Å². The van der Waals surface area contributed by atoms with Crippen LogP contribution < -0.4 is 0 Å². The van der Waals surface area contributed by atoms with Gasteiger partial charge < -0.3 is 49.2 Å². The minimum absolute atomic E-state index is 0.0678. The van der Waals surface area contributed by atoms with Crippen LogP contribution in [0.2, 0.25) is 0 Å². The van der Waals surface area contributed by atoms with Crippen molar-refractivity contribution in [1.29, 1.82) is 0 Å². The number of rotatable bonds is 10. The van der Waals surface area contributed by atoms with Crippen LogP contribution in [0, 0.1) is 47.3 Å². The molecule has 0 saturated carbocycles. The Morgan fingerprint density at radius 2 is 1.16 bits per heavy atom. The van der Waals surface area contributed by atoms with E-state index in [9.17, 15) is 49.2 Å². The lowest BCUT2D eigenvalue weighted by Crippen LogP contribution is -2.62. The minimum Gasteiger partial charge on any atom is -0.456 e. The number of amides is 2. The second kappa shape index (κ2) is 31.4. The first kappa shape index (κ1) is 68.9. The van der Waals surface area contributed by atoms with Crippen LogP contribution in [0.15, 0.2) is 103 Å². The van der Waals surface area contributed by atoms with Crippen LogP contribution in [0.25, 0.3) is 0 Å². The molecule has 4 N–H and O–H groups in total. The van der Waals surface area contributed by atoms with E-state index >= 15 is 4.79 Å². The number of carbonyl (C=O) groups excluding carboxylic acids is 7. The molecular formula is C72H98N2O15. The summed E-state index contributed by atoms with van der Waals surface area (Å²) >= 11 is 0. The number of nitrogens with zero attached hydrogens (tertiary/aromatic N) is 2. The predicted molar refractivity (Wildman–Crippen MR) is 335 cm³/mol. The standard InChI is InChI=1S/C72H98N2O15/c1-8-53(42-50-26-15-12-16-27-50)61-34-19-13-17-32-58(75)47(5)64(77)49(7)60-38-36-55(71(84,88-60)66(79)67(80)73-39-22-20-30-56(73)68(81)86-61)44-52-29-24-28-51(41-52)43-54(9-2)62-33-18-11-10-14-25-45(3)63(76)48(6)59-37-35-46(4)65(78)72(85,89-59)70(83)74-40-23-21-31-57(74)69(82)87-62/h10,12,14-19,24,26-29,32-34,41,45-49,53-57,59-64,76-77,84-85H,8-9,11,13,20-23,25,30-31,35-40,42-44H2,1-7H3/b14-10+,32-17+,33-18+,34-19+/t45-,46-,47-,48+,49+,53-,54-,55+,56+,57+,59+,60+,61+,62+,63+,64+,71-,72?/m1/s1. The van der Waals surface area contributed by atoms with E-state index in [2.05, 4.69) is 0 Å². The van der Waals surface area contributed by atoms with Crippen molar-refractivity contribution in [3.63, 3.8) is 0 Å². The summed E-state index contributed by atoms with van der Waals surface area (Å²) in [6, 6.07) is 15.2. The predicted octanol–water partition coefficient (Wildman–Crippen LogP) is 9.04. The lowest BCUT2D eigenvalue weighted by atomic mass is 9.77. The molecule has 2 amide bonds. The number of allylic oxidation sites excluding steroid dienone is 6. The van der Waals surface area contributed by atoms with Crippen LogP contribution in [0.3, 0.4) is 0 Å². The normalized spacial score (nSPS) is 36.6. The van der Waals surface area contributed by atoms with Gasteiger partial charge in [-0.3, -0.25) is 24.0 Å². The van der Waals surface area contributed by atoms with Gasteiger partial charge in [0.15, 0.2) is 5.78 Å². The van der Waals surface area contributed by atoms with E-state index in [4.69, 9.17) is 18.9 Å². The quantitative estimate of drug-likeness (QED) is 0.0750. The van der Waals surface area contributed by atoms with Gasteiger partial charge in [-0.15, -0.1) is 0 Å². The largest absolute Gasteiger partial charge is 0.456 e. The number of cyclic esters (lactones) is 2. The van der Waals surface area contributed by atoms with E-state index in [-0.39, 0.29) is 68.7 Å². The number of aliphatic hydroxyl groups excluding tert-OH is 2. The van der Waals surface area contributed by atoms with Gasteiger partial charge in [-0.05, 0) is 156 Å². The minimum atomic E-state index is -2.88. The number of benzene rings is 2. The zero-order chi connectivity index (χ0) is 64.2. The molecule has 1 unspecified atom stereocenters. The summed E-state index contributed by atoms with van der Waals surface area (Å²) in [5.41, 5.74) is 2.61. The molecule has 0 aromatic heterocycles. The summed E-state index contributed by atoms with van der Waals surface area (Å²) in [7, 11) is 0. The third kappa shape index (κ3) is 16.4. The average Bonchev–Trinajstić information content (AvgIpc) is 1.72. The number of carbonyl (C=O) groups is 7. The second-order valence-electron chi connectivity index (χ2n) is 26.5. The molecule has 6 heterocycles. The smallest absolute Gasteiger partial charge is 0.329 e. The van der Waals surface area contributed by atoms with Crippen molar-refractivity contribution in [1.82, 2.24) is 9.80 Å². The lowest BCUT2D eigenvalue weighted by molar-refractivity contribution is -0.277. The van der Waals surface area contributed by atoms with Crippen LogP contribution in [0.4, 0.5) is 0 Å². The number of Topliss-reactive ketones (excluding diaryl/α,β-unsaturated/α-hetero) is 2. The van der Waals surface area contributed by atoms with Crippen LogP contribution >= 0.6 is 0 Å². The molecule has 2 aromatic carbocycles. The molecule has 0 spiro atoms. The number of fused-ring (bicyclic) bond motifs is 6. The SMILES string of the molecule is CC[C@H](Cc1ccccc1)[C@@H]1/C=C/C/C=C/C(=O)[C@@H](C)[C@H](O)[C@@H](C)[C@@H]2CC[C@@H](Cc3cccc(C[C@@H](CC)[C@@H]4/C=C/C/C=C/C[C@@H](C)[C@H](O)[C@@H](C)[C@@H]5CC[C@@H](C)C(=O)C(O)(O5)C(=O)N5CCCC[C@H]5C(=O)O4)c3)[C@@](O)(O2)C(=O)C(=O)N2CCCC[C@H]2C(=O)O1. The van der Waals surface area contributed by atoms with Crippen molar-refractivity contribution in [3.8, 4) is 0 Å². The van der Waals surface area contributed by atoms with Crippen LogP contribution in [-0.2, 0) is 71.8 Å². The van der Waals surface area contributed by atoms with Gasteiger partial charge in [0.1, 0.15) is 24.3 Å². The summed E-state index contributed by atoms with van der Waals surface area (Å²) in [5.74, 6) is -16.0. The molecule has 17 heteroatoms. The monoisotopic (exact) mass is 1230 g/mol. The Morgan fingerprint density at radius 1 is 0.596 bits per heavy atom. The van der Waals surface area contributed by atoms with Gasteiger partial charge >= 0.3 is 17.7 Å². The highest BCUT2D eigenvalue weighted by Gasteiger charge is 2.57. The number of aliphatic hydroxyl groups is 4. The third-order valence-electron chi connectivity index (χ3n) is 20.3. The highest BCUT2D eigenvalue weighted by Crippen LogP contribution is 2.42. The highest BCUT2D eigenvalue weighted by atomic mass is 16.6. The van der Waals surface area contributed by atoms with Gasteiger partial charge in [0.2, 0.25) is 11.6 Å². The van der Waals surface area contributed by atoms with Gasteiger partial charge in [0, 0.05) is 54.5 Å². The Kier molecular flexibility index (Phi) is 24.3. The van der Waals surface area contributed by atoms with E-state index in [0.717, 1.165) is 11.1 Å². The van der Waals surface area contributed by atoms with E-state index in [1.54, 1.807) is 33.8 Å². The van der Waals surface area contributed by atoms with Crippen molar-refractivity contribution in [2.75, 3.05) is 13.1 Å². The van der Waals surface area contributed by atoms with Crippen LogP contribution in [0.1, 0.15) is 161 Å².